The van der Waals surface area contributed by atoms with Crippen molar-refractivity contribution in [2.45, 2.75) is 4.90 Å². The van der Waals surface area contributed by atoms with E-state index >= 15 is 0 Å². The number of hydrogen-bond donors (Lipinski definition) is 2. The Balaban J connectivity index is 2.63. The van der Waals surface area contributed by atoms with E-state index in [9.17, 15) is 13.5 Å². The summed E-state index contributed by atoms with van der Waals surface area (Å²) in [5, 5.41) is 10.4. The van der Waals surface area contributed by atoms with Crippen molar-refractivity contribution in [1.82, 2.24) is 0 Å². The van der Waals surface area contributed by atoms with Crippen LogP contribution in [0, 0.1) is 0 Å². The third-order valence-corrected chi connectivity index (χ3v) is 3.72. The second-order valence-electron chi connectivity index (χ2n) is 3.18. The molecule has 80 valence electrons. The van der Waals surface area contributed by atoms with Crippen LogP contribution >= 0.6 is 0 Å². The summed E-state index contributed by atoms with van der Waals surface area (Å²) in [5.74, 6) is 4.90. The van der Waals surface area contributed by atoms with Crippen LogP contribution in [0.25, 0.3) is 5.57 Å². The minimum Gasteiger partial charge on any atom is -0.508 e. The zero-order valence-electron chi connectivity index (χ0n) is 7.67. The average Bonchev–Trinajstić information content (AvgIpc) is 2.39. The molecule has 1 aromatic carbocycles. The molecule has 0 aromatic heterocycles. The van der Waals surface area contributed by atoms with Crippen molar-refractivity contribution in [2.75, 3.05) is 6.61 Å². The number of phenolic OH excluding ortho intramolecular Hbond substituents is 1. The summed E-state index contributed by atoms with van der Waals surface area (Å²) in [6, 6.07) is 4.07. The molecule has 0 fully saturated rings. The van der Waals surface area contributed by atoms with E-state index in [4.69, 9.17) is 5.90 Å². The number of benzene rings is 1. The summed E-state index contributed by atoms with van der Waals surface area (Å²) < 4.78 is 23.2. The Morgan fingerprint density at radius 3 is 2.80 bits per heavy atom. The van der Waals surface area contributed by atoms with E-state index in [0.29, 0.717) is 11.1 Å². The number of aromatic hydroxyl groups is 1. The van der Waals surface area contributed by atoms with Crippen LogP contribution in [0.3, 0.4) is 0 Å². The van der Waals surface area contributed by atoms with Crippen LogP contribution in [0.2, 0.25) is 0 Å². The molecule has 0 radical (unpaired) electrons. The van der Waals surface area contributed by atoms with Gasteiger partial charge in [0.1, 0.15) is 5.75 Å². The number of nitrogens with two attached hydrogens (primary N) is 1. The Morgan fingerprint density at radius 1 is 1.40 bits per heavy atom. The fraction of sp³-hybridized carbons (Fsp3) is 0.111. The van der Waals surface area contributed by atoms with E-state index in [2.05, 4.69) is 4.84 Å². The first-order valence-electron chi connectivity index (χ1n) is 4.15. The summed E-state index contributed by atoms with van der Waals surface area (Å²) >= 11 is 0. The van der Waals surface area contributed by atoms with Gasteiger partial charge in [-0.2, -0.15) is 0 Å². The van der Waals surface area contributed by atoms with Gasteiger partial charge in [-0.3, -0.25) is 4.84 Å². The molecule has 1 heterocycles. The lowest BCUT2D eigenvalue weighted by Crippen LogP contribution is -2.02. The second-order valence-corrected chi connectivity index (χ2v) is 4.95. The lowest BCUT2D eigenvalue weighted by atomic mass is 10.1. The maximum atomic E-state index is 11.6. The lowest BCUT2D eigenvalue weighted by molar-refractivity contribution is 0.173. The Labute approximate surface area is 86.7 Å². The number of phenols is 1. The topological polar surface area (TPSA) is 89.6 Å². The highest BCUT2D eigenvalue weighted by Gasteiger charge is 2.26. The summed E-state index contributed by atoms with van der Waals surface area (Å²) in [6.45, 7) is -0.00428. The maximum absolute atomic E-state index is 11.6. The van der Waals surface area contributed by atoms with Gasteiger partial charge >= 0.3 is 0 Å². The molecule has 0 spiro atoms. The van der Waals surface area contributed by atoms with Crippen molar-refractivity contribution >= 4 is 15.4 Å². The van der Waals surface area contributed by atoms with Gasteiger partial charge < -0.3 is 5.11 Å². The predicted octanol–water partition coefficient (Wildman–Crippen LogP) is 0.411. The van der Waals surface area contributed by atoms with Gasteiger partial charge in [-0.05, 0) is 18.2 Å². The smallest absolute Gasteiger partial charge is 0.200 e. The second kappa shape index (κ2) is 3.34. The predicted molar refractivity (Wildman–Crippen MR) is 53.4 cm³/mol. The highest BCUT2D eigenvalue weighted by Crippen LogP contribution is 2.35. The molecule has 2 rings (SSSR count). The van der Waals surface area contributed by atoms with E-state index in [0.717, 1.165) is 5.41 Å². The highest BCUT2D eigenvalue weighted by molar-refractivity contribution is 7.95. The molecule has 6 heteroatoms. The van der Waals surface area contributed by atoms with Crippen molar-refractivity contribution in [3.8, 4) is 5.75 Å². The molecule has 5 nitrogen and oxygen atoms in total. The van der Waals surface area contributed by atoms with Gasteiger partial charge in [-0.25, -0.2) is 14.3 Å². The van der Waals surface area contributed by atoms with Crippen molar-refractivity contribution in [3.05, 3.63) is 29.2 Å². The fourth-order valence-corrected chi connectivity index (χ4v) is 2.98. The number of rotatable bonds is 2. The van der Waals surface area contributed by atoms with Crippen molar-refractivity contribution in [1.29, 1.82) is 0 Å². The molecule has 0 atom stereocenters. The Morgan fingerprint density at radius 2 is 2.13 bits per heavy atom. The first-order chi connectivity index (χ1) is 7.04. The summed E-state index contributed by atoms with van der Waals surface area (Å²) in [7, 11) is -3.40. The third-order valence-electron chi connectivity index (χ3n) is 2.15. The van der Waals surface area contributed by atoms with Crippen molar-refractivity contribution in [3.63, 3.8) is 0 Å². The highest BCUT2D eigenvalue weighted by atomic mass is 32.2. The van der Waals surface area contributed by atoms with Crippen LogP contribution in [0.5, 0.6) is 5.75 Å². The molecule has 0 saturated heterocycles. The van der Waals surface area contributed by atoms with Crippen molar-refractivity contribution < 1.29 is 18.4 Å². The molecule has 1 aliphatic rings. The molecule has 0 bridgehead atoms. The van der Waals surface area contributed by atoms with E-state index < -0.39 is 9.84 Å². The largest absolute Gasteiger partial charge is 0.508 e. The average molecular weight is 227 g/mol. The van der Waals surface area contributed by atoms with Gasteiger partial charge in [0.05, 0.1) is 11.5 Å². The minimum absolute atomic E-state index is 0.00428. The van der Waals surface area contributed by atoms with E-state index in [1.54, 1.807) is 0 Å². The van der Waals surface area contributed by atoms with E-state index in [1.165, 1.54) is 18.2 Å². The fourth-order valence-electron chi connectivity index (χ4n) is 1.53. The molecule has 15 heavy (non-hydrogen) atoms. The SMILES string of the molecule is NOCC1=CS(=O)(=O)c2ccc(O)cc21. The molecule has 0 amide bonds. The summed E-state index contributed by atoms with van der Waals surface area (Å²) in [4.78, 5) is 4.57. The Kier molecular flexibility index (Phi) is 2.26. The standard InChI is InChI=1S/C9H9NO4S/c10-14-4-6-5-15(12,13)9-2-1-7(11)3-8(6)9/h1-3,5,11H,4,10H2. The van der Waals surface area contributed by atoms with Crippen LogP contribution in [-0.4, -0.2) is 20.1 Å². The van der Waals surface area contributed by atoms with E-state index in [1.807, 2.05) is 0 Å². The molecule has 0 aliphatic carbocycles. The van der Waals surface area contributed by atoms with Gasteiger partial charge in [0.25, 0.3) is 0 Å². The lowest BCUT2D eigenvalue weighted by Gasteiger charge is -2.02. The molecule has 0 unspecified atom stereocenters. The Bertz CT molecular complexity index is 533. The molecule has 3 N–H and O–H groups in total. The number of fused-ring (bicyclic) bond motifs is 1. The molecule has 1 aliphatic heterocycles. The molecular weight excluding hydrogens is 218 g/mol. The Hall–Kier alpha value is -1.37. The van der Waals surface area contributed by atoms with Crippen LogP contribution in [-0.2, 0) is 14.7 Å². The quantitative estimate of drug-likeness (QED) is 0.714. The van der Waals surface area contributed by atoms with Gasteiger partial charge in [0, 0.05) is 16.5 Å². The molecule has 1 aromatic rings. The van der Waals surface area contributed by atoms with Crippen molar-refractivity contribution in [2.24, 2.45) is 5.90 Å². The third kappa shape index (κ3) is 1.63. The number of hydrogen-bond acceptors (Lipinski definition) is 5. The minimum atomic E-state index is -3.40. The summed E-state index contributed by atoms with van der Waals surface area (Å²) in [5.41, 5.74) is 0.892. The molecule has 0 saturated carbocycles. The monoisotopic (exact) mass is 227 g/mol. The van der Waals surface area contributed by atoms with Crippen LogP contribution in [0.1, 0.15) is 5.56 Å². The first-order valence-corrected chi connectivity index (χ1v) is 5.70. The van der Waals surface area contributed by atoms with Crippen LogP contribution in [0.15, 0.2) is 28.5 Å². The normalized spacial score (nSPS) is 17.3. The zero-order chi connectivity index (χ0) is 11.1. The first kappa shape index (κ1) is 10.2. The van der Waals surface area contributed by atoms with Crippen LogP contribution < -0.4 is 5.90 Å². The van der Waals surface area contributed by atoms with E-state index in [-0.39, 0.29) is 17.3 Å². The zero-order valence-corrected chi connectivity index (χ0v) is 8.49. The number of sulfone groups is 1. The molecular formula is C9H9NO4S. The van der Waals surface area contributed by atoms with Crippen LogP contribution in [0.4, 0.5) is 0 Å². The van der Waals surface area contributed by atoms with Gasteiger partial charge in [-0.15, -0.1) is 0 Å². The van der Waals surface area contributed by atoms with Gasteiger partial charge in [0.15, 0.2) is 0 Å². The summed E-state index contributed by atoms with van der Waals surface area (Å²) in [6.07, 6.45) is 0. The van der Waals surface area contributed by atoms with Gasteiger partial charge in [0.2, 0.25) is 9.84 Å². The van der Waals surface area contributed by atoms with Gasteiger partial charge in [-0.1, -0.05) is 0 Å². The maximum Gasteiger partial charge on any atom is 0.200 e.